The zero-order valence-electron chi connectivity index (χ0n) is 21.8. The second kappa shape index (κ2) is 20.4. The van der Waals surface area contributed by atoms with Crippen molar-refractivity contribution in [3.8, 4) is 0 Å². The van der Waals surface area contributed by atoms with Gasteiger partial charge in [-0.2, -0.15) is 0 Å². The lowest BCUT2D eigenvalue weighted by Gasteiger charge is -2.31. The lowest BCUT2D eigenvalue weighted by molar-refractivity contribution is 0.0211. The second-order valence-corrected chi connectivity index (χ2v) is 12.0. The fourth-order valence-corrected chi connectivity index (χ4v) is 6.39. The molecule has 192 valence electrons. The van der Waals surface area contributed by atoms with Crippen molar-refractivity contribution < 1.29 is 22.8 Å². The summed E-state index contributed by atoms with van der Waals surface area (Å²) in [7, 11) is -2.69. The Hall–Kier alpha value is 0.0169. The minimum Gasteiger partial charge on any atom is -0.375 e. The lowest BCUT2D eigenvalue weighted by atomic mass is 10.1. The van der Waals surface area contributed by atoms with Gasteiger partial charge in [-0.15, -0.1) is 0 Å². The van der Waals surface area contributed by atoms with Crippen LogP contribution in [0.25, 0.3) is 0 Å². The molecule has 1 saturated heterocycles. The van der Waals surface area contributed by atoms with Crippen LogP contribution in [0.5, 0.6) is 0 Å². The smallest absolute Gasteiger partial charge is 0.375 e. The maximum Gasteiger partial charge on any atom is 0.501 e. The third kappa shape index (κ3) is 15.8. The van der Waals surface area contributed by atoms with E-state index in [4.69, 9.17) is 22.8 Å². The van der Waals surface area contributed by atoms with E-state index in [-0.39, 0.29) is 6.10 Å². The van der Waals surface area contributed by atoms with Crippen molar-refractivity contribution in [2.75, 3.05) is 33.0 Å². The standard InChI is InChI=1S/C26H54O5Si/c1-5-9-13-14-15-16-17-25(27-23-26-24-28-26)18-22-32(29-19-10-6-2,30-20-11-7-3)31-21-12-8-4/h25-26H,5-24H2,1-4H3. The molecule has 2 atom stereocenters. The van der Waals surface area contributed by atoms with Crippen LogP contribution in [0.3, 0.4) is 0 Å². The third-order valence-electron chi connectivity index (χ3n) is 6.03. The van der Waals surface area contributed by atoms with Crippen LogP contribution in [0.4, 0.5) is 0 Å². The maximum absolute atomic E-state index is 6.44. The van der Waals surface area contributed by atoms with Gasteiger partial charge in [-0.25, -0.2) is 0 Å². The quantitative estimate of drug-likeness (QED) is 0.0789. The van der Waals surface area contributed by atoms with Crippen molar-refractivity contribution in [1.29, 1.82) is 0 Å². The molecule has 5 nitrogen and oxygen atoms in total. The number of hydrogen-bond acceptors (Lipinski definition) is 5. The van der Waals surface area contributed by atoms with Gasteiger partial charge in [-0.05, 0) is 32.1 Å². The van der Waals surface area contributed by atoms with Crippen LogP contribution in [-0.2, 0) is 22.8 Å². The molecular weight excluding hydrogens is 420 g/mol. The molecular formula is C26H54O5Si. The Morgan fingerprint density at radius 3 is 1.69 bits per heavy atom. The Morgan fingerprint density at radius 2 is 1.19 bits per heavy atom. The summed E-state index contributed by atoms with van der Waals surface area (Å²) >= 11 is 0. The molecule has 0 aromatic heterocycles. The van der Waals surface area contributed by atoms with Crippen molar-refractivity contribution in [3.63, 3.8) is 0 Å². The van der Waals surface area contributed by atoms with Crippen molar-refractivity contribution >= 4 is 8.80 Å². The van der Waals surface area contributed by atoms with E-state index in [0.29, 0.717) is 6.10 Å². The van der Waals surface area contributed by atoms with Crippen molar-refractivity contribution in [3.05, 3.63) is 0 Å². The molecule has 0 spiro atoms. The molecule has 1 rings (SSSR count). The summed E-state index contributed by atoms with van der Waals surface area (Å²) in [5, 5.41) is 0. The minimum atomic E-state index is -2.69. The molecule has 32 heavy (non-hydrogen) atoms. The average molecular weight is 475 g/mol. The van der Waals surface area contributed by atoms with E-state index in [1.165, 1.54) is 38.5 Å². The van der Waals surface area contributed by atoms with Gasteiger partial charge in [-0.3, -0.25) is 0 Å². The topological polar surface area (TPSA) is 49.5 Å². The normalized spacial score (nSPS) is 17.1. The minimum absolute atomic E-state index is 0.247. The van der Waals surface area contributed by atoms with Crippen LogP contribution < -0.4 is 0 Å². The highest BCUT2D eigenvalue weighted by atomic mass is 28.4. The molecule has 1 aliphatic heterocycles. The molecule has 0 aliphatic carbocycles. The summed E-state index contributed by atoms with van der Waals surface area (Å²) in [6.07, 6.45) is 17.1. The first kappa shape index (κ1) is 30.0. The zero-order chi connectivity index (χ0) is 23.3. The molecule has 0 bridgehead atoms. The zero-order valence-corrected chi connectivity index (χ0v) is 22.8. The van der Waals surface area contributed by atoms with Gasteiger partial charge in [0, 0.05) is 25.9 Å². The summed E-state index contributed by atoms with van der Waals surface area (Å²) in [5.41, 5.74) is 0. The molecule has 1 aliphatic rings. The van der Waals surface area contributed by atoms with Gasteiger partial charge < -0.3 is 22.8 Å². The lowest BCUT2D eigenvalue weighted by Crippen LogP contribution is -2.47. The van der Waals surface area contributed by atoms with Gasteiger partial charge in [0.15, 0.2) is 0 Å². The Kier molecular flexibility index (Phi) is 19.2. The van der Waals surface area contributed by atoms with Gasteiger partial charge in [0.1, 0.15) is 6.10 Å². The van der Waals surface area contributed by atoms with Gasteiger partial charge >= 0.3 is 8.80 Å². The number of unbranched alkanes of at least 4 members (excludes halogenated alkanes) is 8. The van der Waals surface area contributed by atoms with E-state index in [0.717, 1.165) is 90.4 Å². The second-order valence-electron chi connectivity index (χ2n) is 9.29. The van der Waals surface area contributed by atoms with Crippen LogP contribution >= 0.6 is 0 Å². The fourth-order valence-electron chi connectivity index (χ4n) is 3.67. The van der Waals surface area contributed by atoms with Gasteiger partial charge in [0.05, 0.1) is 19.3 Å². The SMILES string of the molecule is CCCCCCCCC(CC[Si](OCCCC)(OCCCC)OCCCC)OCC1CO1. The first-order valence-corrected chi connectivity index (χ1v) is 15.8. The van der Waals surface area contributed by atoms with Crippen molar-refractivity contribution in [2.45, 2.75) is 136 Å². The first-order chi connectivity index (χ1) is 15.7. The largest absolute Gasteiger partial charge is 0.501 e. The van der Waals surface area contributed by atoms with E-state index in [1.807, 2.05) is 0 Å². The van der Waals surface area contributed by atoms with E-state index in [9.17, 15) is 0 Å². The van der Waals surface area contributed by atoms with E-state index >= 15 is 0 Å². The summed E-state index contributed by atoms with van der Waals surface area (Å²) in [5.74, 6) is 0. The molecule has 1 heterocycles. The fraction of sp³-hybridized carbons (Fsp3) is 1.00. The molecule has 2 unspecified atom stereocenters. The van der Waals surface area contributed by atoms with E-state index in [2.05, 4.69) is 27.7 Å². The first-order valence-electron chi connectivity index (χ1n) is 13.8. The van der Waals surface area contributed by atoms with Crippen LogP contribution in [0.15, 0.2) is 0 Å². The molecule has 6 heteroatoms. The molecule has 0 N–H and O–H groups in total. The van der Waals surface area contributed by atoms with E-state index < -0.39 is 8.80 Å². The Balaban J connectivity index is 2.64. The summed E-state index contributed by atoms with van der Waals surface area (Å²) in [4.78, 5) is 0. The molecule has 1 fully saturated rings. The van der Waals surface area contributed by atoms with Gasteiger partial charge in [0.2, 0.25) is 0 Å². The van der Waals surface area contributed by atoms with Crippen LogP contribution in [0, 0.1) is 0 Å². The molecule has 0 aromatic carbocycles. The Morgan fingerprint density at radius 1 is 0.688 bits per heavy atom. The monoisotopic (exact) mass is 474 g/mol. The molecule has 0 saturated carbocycles. The molecule has 0 aromatic rings. The highest BCUT2D eigenvalue weighted by Crippen LogP contribution is 2.25. The number of ether oxygens (including phenoxy) is 2. The third-order valence-corrected chi connectivity index (χ3v) is 8.86. The number of epoxide rings is 1. The van der Waals surface area contributed by atoms with Crippen LogP contribution in [0.2, 0.25) is 6.04 Å². The van der Waals surface area contributed by atoms with Crippen LogP contribution in [-0.4, -0.2) is 54.0 Å². The Labute approximate surface area is 200 Å². The predicted molar refractivity (Wildman–Crippen MR) is 135 cm³/mol. The molecule has 0 amide bonds. The highest BCUT2D eigenvalue weighted by molar-refractivity contribution is 6.60. The van der Waals surface area contributed by atoms with Gasteiger partial charge in [0.25, 0.3) is 0 Å². The number of rotatable bonds is 25. The van der Waals surface area contributed by atoms with Gasteiger partial charge in [-0.1, -0.05) is 85.5 Å². The predicted octanol–water partition coefficient (Wildman–Crippen LogP) is 7.30. The molecule has 0 radical (unpaired) electrons. The van der Waals surface area contributed by atoms with Crippen LogP contribution in [0.1, 0.15) is 118 Å². The summed E-state index contributed by atoms with van der Waals surface area (Å²) < 4.78 is 31.0. The maximum atomic E-state index is 6.44. The average Bonchev–Trinajstić information content (AvgIpc) is 3.62. The summed E-state index contributed by atoms with van der Waals surface area (Å²) in [6.45, 7) is 12.7. The summed E-state index contributed by atoms with van der Waals surface area (Å²) in [6, 6.07) is 0.857. The highest BCUT2D eigenvalue weighted by Gasteiger charge is 2.41. The van der Waals surface area contributed by atoms with E-state index in [1.54, 1.807) is 0 Å². The Bertz CT molecular complexity index is 379. The van der Waals surface area contributed by atoms with Crippen molar-refractivity contribution in [1.82, 2.24) is 0 Å². The number of hydrogen-bond donors (Lipinski definition) is 0. The van der Waals surface area contributed by atoms with Crippen molar-refractivity contribution in [2.24, 2.45) is 0 Å².